The Bertz CT molecular complexity index is 1840. The molecule has 0 saturated carbocycles. The van der Waals surface area contributed by atoms with Gasteiger partial charge in [0.05, 0.1) is 35.1 Å². The van der Waals surface area contributed by atoms with Gasteiger partial charge in [0.25, 0.3) is 0 Å². The molecule has 42 heavy (non-hydrogen) atoms. The molecule has 208 valence electrons. The molecule has 0 aliphatic rings. The molecule has 0 spiro atoms. The lowest BCUT2D eigenvalue weighted by molar-refractivity contribution is -0.120. The van der Waals surface area contributed by atoms with Gasteiger partial charge in [0.2, 0.25) is 5.91 Å². The van der Waals surface area contributed by atoms with E-state index in [0.717, 1.165) is 54.6 Å². The van der Waals surface area contributed by atoms with E-state index in [2.05, 4.69) is 5.32 Å². The standard InChI is InChI=1S/C34H27ClN4O2S/c1-41-28-17-15-23(16-18-28)33-26(22-39(38-33)27-10-3-2-4-11-27)19-25(34-37-30-13-7-8-14-31(30)42-34)20-32(40)36-21-24-9-5-6-12-29(24)35/h2-19,22H,20-21H2,1H3,(H,36,40). The van der Waals surface area contributed by atoms with E-state index in [4.69, 9.17) is 26.4 Å². The van der Waals surface area contributed by atoms with Gasteiger partial charge in [0.15, 0.2) is 0 Å². The van der Waals surface area contributed by atoms with Gasteiger partial charge in [-0.3, -0.25) is 4.79 Å². The predicted molar refractivity (Wildman–Crippen MR) is 171 cm³/mol. The second-order valence-electron chi connectivity index (χ2n) is 9.64. The highest BCUT2D eigenvalue weighted by atomic mass is 35.5. The number of nitrogens with zero attached hydrogens (tertiary/aromatic N) is 3. The van der Waals surface area contributed by atoms with Crippen LogP contribution in [0.1, 0.15) is 22.6 Å². The Morgan fingerprint density at radius 1 is 0.952 bits per heavy atom. The molecule has 4 aromatic carbocycles. The van der Waals surface area contributed by atoms with Crippen LogP contribution in [0.2, 0.25) is 5.02 Å². The van der Waals surface area contributed by atoms with Crippen LogP contribution in [-0.2, 0) is 11.3 Å². The van der Waals surface area contributed by atoms with E-state index in [1.165, 1.54) is 0 Å². The first-order valence-electron chi connectivity index (χ1n) is 13.4. The van der Waals surface area contributed by atoms with Crippen molar-refractivity contribution in [3.63, 3.8) is 0 Å². The Morgan fingerprint density at radius 3 is 2.45 bits per heavy atom. The summed E-state index contributed by atoms with van der Waals surface area (Å²) in [7, 11) is 1.65. The molecule has 0 unspecified atom stereocenters. The third-order valence-corrected chi connectivity index (χ3v) is 8.29. The van der Waals surface area contributed by atoms with Crippen LogP contribution in [0.25, 0.3) is 38.8 Å². The van der Waals surface area contributed by atoms with E-state index in [9.17, 15) is 4.79 Å². The van der Waals surface area contributed by atoms with E-state index in [-0.39, 0.29) is 12.3 Å². The first kappa shape index (κ1) is 27.4. The minimum absolute atomic E-state index is 0.123. The summed E-state index contributed by atoms with van der Waals surface area (Å²) in [4.78, 5) is 18.2. The van der Waals surface area contributed by atoms with Gasteiger partial charge >= 0.3 is 0 Å². The van der Waals surface area contributed by atoms with Gasteiger partial charge in [-0.15, -0.1) is 11.3 Å². The summed E-state index contributed by atoms with van der Waals surface area (Å²) >= 11 is 7.89. The fourth-order valence-electron chi connectivity index (χ4n) is 4.64. The Labute approximate surface area is 252 Å². The van der Waals surface area contributed by atoms with E-state index < -0.39 is 0 Å². The van der Waals surface area contributed by atoms with Crippen LogP contribution in [0.3, 0.4) is 0 Å². The van der Waals surface area contributed by atoms with Gasteiger partial charge in [-0.2, -0.15) is 5.10 Å². The van der Waals surface area contributed by atoms with Crippen LogP contribution in [0.4, 0.5) is 0 Å². The maximum atomic E-state index is 13.3. The number of carbonyl (C=O) groups excluding carboxylic acids is 1. The van der Waals surface area contributed by atoms with Gasteiger partial charge in [-0.05, 0) is 71.8 Å². The summed E-state index contributed by atoms with van der Waals surface area (Å²) in [5.41, 5.74) is 6.10. The van der Waals surface area contributed by atoms with Crippen LogP contribution in [0.5, 0.6) is 5.75 Å². The fraction of sp³-hybridized carbons (Fsp3) is 0.0882. The van der Waals surface area contributed by atoms with E-state index in [1.54, 1.807) is 18.4 Å². The number of halogens is 1. The molecule has 1 amide bonds. The summed E-state index contributed by atoms with van der Waals surface area (Å²) in [6.45, 7) is 0.342. The lowest BCUT2D eigenvalue weighted by atomic mass is 10.0. The van der Waals surface area contributed by atoms with Crippen molar-refractivity contribution < 1.29 is 9.53 Å². The fourth-order valence-corrected chi connectivity index (χ4v) is 5.82. The molecule has 0 atom stereocenters. The number of amides is 1. The van der Waals surface area contributed by atoms with Crippen molar-refractivity contribution in [2.24, 2.45) is 0 Å². The molecule has 6 rings (SSSR count). The van der Waals surface area contributed by atoms with Crippen LogP contribution < -0.4 is 10.1 Å². The molecule has 0 aliphatic heterocycles. The number of hydrogen-bond acceptors (Lipinski definition) is 5. The Balaban J connectivity index is 1.41. The van der Waals surface area contributed by atoms with Crippen LogP contribution in [0.15, 0.2) is 109 Å². The molecule has 0 aliphatic carbocycles. The average Bonchev–Trinajstić information content (AvgIpc) is 3.66. The lowest BCUT2D eigenvalue weighted by Crippen LogP contribution is -2.22. The minimum Gasteiger partial charge on any atom is -0.497 e. The molecule has 0 saturated heterocycles. The molecule has 0 radical (unpaired) electrons. The number of para-hydroxylation sites is 2. The third kappa shape index (κ3) is 6.12. The summed E-state index contributed by atoms with van der Waals surface area (Å²) in [6, 6.07) is 33.3. The topological polar surface area (TPSA) is 69.0 Å². The highest BCUT2D eigenvalue weighted by Crippen LogP contribution is 2.33. The Morgan fingerprint density at radius 2 is 1.69 bits per heavy atom. The van der Waals surface area contributed by atoms with Crippen LogP contribution in [-0.4, -0.2) is 27.8 Å². The van der Waals surface area contributed by atoms with Gasteiger partial charge in [0.1, 0.15) is 10.8 Å². The Kier molecular flexibility index (Phi) is 8.12. The molecule has 6 aromatic rings. The number of ether oxygens (including phenoxy) is 1. The molecule has 0 bridgehead atoms. The van der Waals surface area contributed by atoms with E-state index >= 15 is 0 Å². The Hall–Kier alpha value is -4.72. The quantitative estimate of drug-likeness (QED) is 0.185. The molecule has 2 aromatic heterocycles. The lowest BCUT2D eigenvalue weighted by Gasteiger charge is -2.09. The van der Waals surface area contributed by atoms with Crippen molar-refractivity contribution in [1.82, 2.24) is 20.1 Å². The highest BCUT2D eigenvalue weighted by Gasteiger charge is 2.17. The van der Waals surface area contributed by atoms with Gasteiger partial charge in [-0.1, -0.05) is 60.1 Å². The number of thiazole rings is 1. The number of benzene rings is 4. The maximum absolute atomic E-state index is 13.3. The molecular formula is C34H27ClN4O2S. The molecular weight excluding hydrogens is 564 g/mol. The second-order valence-corrected chi connectivity index (χ2v) is 11.1. The summed E-state index contributed by atoms with van der Waals surface area (Å²) in [5, 5.41) is 9.40. The van der Waals surface area contributed by atoms with Crippen molar-refractivity contribution in [3.05, 3.63) is 130 Å². The zero-order valence-corrected chi connectivity index (χ0v) is 24.4. The number of methoxy groups -OCH3 is 1. The van der Waals surface area contributed by atoms with Crippen LogP contribution >= 0.6 is 22.9 Å². The number of hydrogen-bond donors (Lipinski definition) is 1. The van der Waals surface area contributed by atoms with Crippen molar-refractivity contribution in [3.8, 4) is 22.7 Å². The predicted octanol–water partition coefficient (Wildman–Crippen LogP) is 8.06. The normalized spacial score (nSPS) is 11.5. The highest BCUT2D eigenvalue weighted by molar-refractivity contribution is 7.19. The van der Waals surface area contributed by atoms with Gasteiger partial charge in [0, 0.05) is 28.9 Å². The van der Waals surface area contributed by atoms with E-state index in [0.29, 0.717) is 11.6 Å². The maximum Gasteiger partial charge on any atom is 0.224 e. The smallest absolute Gasteiger partial charge is 0.224 e. The molecule has 6 nitrogen and oxygen atoms in total. The number of carbonyl (C=O) groups is 1. The SMILES string of the molecule is COc1ccc(-c2nn(-c3ccccc3)cc2C=C(CC(=O)NCc2ccccc2Cl)c2nc3ccccc3s2)cc1. The zero-order chi connectivity index (χ0) is 28.9. The van der Waals surface area contributed by atoms with Crippen molar-refractivity contribution >= 4 is 50.7 Å². The number of aromatic nitrogens is 3. The summed E-state index contributed by atoms with van der Waals surface area (Å²) in [5.74, 6) is 0.644. The minimum atomic E-state index is -0.123. The largest absolute Gasteiger partial charge is 0.497 e. The third-order valence-electron chi connectivity index (χ3n) is 6.81. The monoisotopic (exact) mass is 590 g/mol. The van der Waals surface area contributed by atoms with Gasteiger partial charge in [-0.25, -0.2) is 9.67 Å². The second kappa shape index (κ2) is 12.4. The van der Waals surface area contributed by atoms with Crippen molar-refractivity contribution in [2.45, 2.75) is 13.0 Å². The average molecular weight is 591 g/mol. The summed E-state index contributed by atoms with van der Waals surface area (Å²) < 4.78 is 8.29. The number of fused-ring (bicyclic) bond motifs is 1. The van der Waals surface area contributed by atoms with Crippen molar-refractivity contribution in [2.75, 3.05) is 7.11 Å². The number of rotatable bonds is 9. The zero-order valence-electron chi connectivity index (χ0n) is 22.8. The van der Waals surface area contributed by atoms with Crippen LogP contribution in [0, 0.1) is 0 Å². The molecule has 8 heteroatoms. The molecule has 1 N–H and O–H groups in total. The molecule has 2 heterocycles. The van der Waals surface area contributed by atoms with Gasteiger partial charge < -0.3 is 10.1 Å². The molecule has 0 fully saturated rings. The first-order valence-corrected chi connectivity index (χ1v) is 14.6. The summed E-state index contributed by atoms with van der Waals surface area (Å²) in [6.07, 6.45) is 4.16. The van der Waals surface area contributed by atoms with E-state index in [1.807, 2.05) is 120 Å². The number of nitrogens with one attached hydrogen (secondary N) is 1. The first-order chi connectivity index (χ1) is 20.6. The van der Waals surface area contributed by atoms with Crippen molar-refractivity contribution in [1.29, 1.82) is 0 Å².